The van der Waals surface area contributed by atoms with Crippen molar-refractivity contribution in [1.82, 2.24) is 9.55 Å². The molecule has 0 saturated carbocycles. The number of nitrogens with zero attached hydrogens (tertiary/aromatic N) is 2. The highest BCUT2D eigenvalue weighted by molar-refractivity contribution is 7.98. The van der Waals surface area contributed by atoms with Crippen LogP contribution in [0.5, 0.6) is 0 Å². The van der Waals surface area contributed by atoms with E-state index in [1.807, 2.05) is 12.6 Å². The summed E-state index contributed by atoms with van der Waals surface area (Å²) in [6, 6.07) is 6.19. The van der Waals surface area contributed by atoms with Gasteiger partial charge in [0.2, 0.25) is 0 Å². The van der Waals surface area contributed by atoms with Gasteiger partial charge in [0.05, 0.1) is 17.7 Å². The van der Waals surface area contributed by atoms with Gasteiger partial charge in [-0.25, -0.2) is 4.98 Å². The zero-order valence-electron chi connectivity index (χ0n) is 11.4. The van der Waals surface area contributed by atoms with E-state index in [4.69, 9.17) is 18.0 Å². The van der Waals surface area contributed by atoms with E-state index >= 15 is 0 Å². The van der Waals surface area contributed by atoms with Gasteiger partial charge in [-0.2, -0.15) is 0 Å². The van der Waals surface area contributed by atoms with E-state index in [-0.39, 0.29) is 0 Å². The molecule has 0 fully saturated rings. The van der Waals surface area contributed by atoms with Crippen LogP contribution in [0.3, 0.4) is 0 Å². The smallest absolute Gasteiger partial charge is 0.107 e. The van der Waals surface area contributed by atoms with E-state index in [1.54, 1.807) is 11.8 Å². The van der Waals surface area contributed by atoms with E-state index in [1.165, 1.54) is 24.2 Å². The number of thioether (sulfide) groups is 1. The van der Waals surface area contributed by atoms with Crippen molar-refractivity contribution in [3.05, 3.63) is 41.5 Å². The van der Waals surface area contributed by atoms with Crippen LogP contribution in [-0.4, -0.2) is 20.8 Å². The fourth-order valence-corrected chi connectivity index (χ4v) is 3.73. The molecule has 0 aliphatic heterocycles. The molecule has 0 saturated heterocycles. The number of aryl methyl sites for hydroxylation is 1. The molecule has 2 N–H and O–H groups in total. The first-order valence-corrected chi connectivity index (χ1v) is 8.38. The molecule has 20 heavy (non-hydrogen) atoms. The maximum absolute atomic E-state index is 5.96. The number of fused-ring (bicyclic) bond motifs is 1. The van der Waals surface area contributed by atoms with Crippen molar-refractivity contribution in [2.75, 3.05) is 6.26 Å². The summed E-state index contributed by atoms with van der Waals surface area (Å²) in [4.78, 5) is 6.13. The molecule has 5 heteroatoms. The number of hydrogen-bond donors (Lipinski definition) is 1. The van der Waals surface area contributed by atoms with Crippen LogP contribution in [0.2, 0.25) is 0 Å². The Morgan fingerprint density at radius 1 is 1.35 bits per heavy atom. The molecule has 2 aromatic rings. The molecule has 0 bridgehead atoms. The first-order valence-electron chi connectivity index (χ1n) is 6.74. The number of hydrogen-bond acceptors (Lipinski definition) is 3. The van der Waals surface area contributed by atoms with Crippen LogP contribution in [0.4, 0.5) is 0 Å². The van der Waals surface area contributed by atoms with Crippen LogP contribution in [0.1, 0.15) is 29.8 Å². The van der Waals surface area contributed by atoms with Gasteiger partial charge in [0, 0.05) is 16.2 Å². The fraction of sp³-hybridized carbons (Fsp3) is 0.333. The van der Waals surface area contributed by atoms with Crippen LogP contribution in [-0.2, 0) is 12.8 Å². The molecule has 0 amide bonds. The maximum atomic E-state index is 5.96. The number of aromatic nitrogens is 2. The third kappa shape index (κ3) is 2.25. The van der Waals surface area contributed by atoms with Gasteiger partial charge >= 0.3 is 0 Å². The highest BCUT2D eigenvalue weighted by Crippen LogP contribution is 2.29. The Kier molecular flexibility index (Phi) is 3.81. The Hall–Kier alpha value is -1.33. The molecule has 1 heterocycles. The highest BCUT2D eigenvalue weighted by Gasteiger charge is 2.19. The van der Waals surface area contributed by atoms with Gasteiger partial charge in [-0.15, -0.1) is 11.8 Å². The van der Waals surface area contributed by atoms with Crippen LogP contribution in [0.25, 0.3) is 5.69 Å². The summed E-state index contributed by atoms with van der Waals surface area (Å²) in [5, 5.41) is 0. The van der Waals surface area contributed by atoms with Crippen LogP contribution >= 0.6 is 24.0 Å². The van der Waals surface area contributed by atoms with E-state index in [0.29, 0.717) is 4.99 Å². The minimum atomic E-state index is 0.447. The van der Waals surface area contributed by atoms with Crippen molar-refractivity contribution in [2.24, 2.45) is 5.73 Å². The van der Waals surface area contributed by atoms with Crippen molar-refractivity contribution in [2.45, 2.75) is 30.6 Å². The van der Waals surface area contributed by atoms with Crippen molar-refractivity contribution in [3.63, 3.8) is 0 Å². The summed E-state index contributed by atoms with van der Waals surface area (Å²) in [5.41, 5.74) is 10.5. The molecule has 0 unspecified atom stereocenters. The lowest BCUT2D eigenvalue weighted by Gasteiger charge is -2.17. The summed E-state index contributed by atoms with van der Waals surface area (Å²) in [5.74, 6) is 0. The minimum Gasteiger partial charge on any atom is -0.389 e. The molecule has 1 aromatic carbocycles. The first kappa shape index (κ1) is 13.6. The molecular weight excluding hydrogens is 286 g/mol. The van der Waals surface area contributed by atoms with Gasteiger partial charge in [0.1, 0.15) is 4.99 Å². The van der Waals surface area contributed by atoms with Gasteiger partial charge in [-0.05, 0) is 44.1 Å². The Morgan fingerprint density at radius 2 is 2.15 bits per heavy atom. The zero-order valence-corrected chi connectivity index (χ0v) is 13.1. The van der Waals surface area contributed by atoms with Gasteiger partial charge in [-0.1, -0.05) is 18.3 Å². The topological polar surface area (TPSA) is 43.8 Å². The van der Waals surface area contributed by atoms with Crippen LogP contribution in [0.15, 0.2) is 29.4 Å². The normalized spacial score (nSPS) is 14.1. The van der Waals surface area contributed by atoms with Crippen LogP contribution < -0.4 is 5.73 Å². The first-order chi connectivity index (χ1) is 9.72. The Morgan fingerprint density at radius 3 is 2.90 bits per heavy atom. The van der Waals surface area contributed by atoms with Crippen molar-refractivity contribution < 1.29 is 0 Å². The average molecular weight is 303 g/mol. The van der Waals surface area contributed by atoms with Crippen molar-refractivity contribution in [1.29, 1.82) is 0 Å². The number of imidazole rings is 1. The maximum Gasteiger partial charge on any atom is 0.107 e. The molecule has 3 nitrogen and oxygen atoms in total. The second kappa shape index (κ2) is 5.58. The van der Waals surface area contributed by atoms with E-state index in [0.717, 1.165) is 29.0 Å². The monoisotopic (exact) mass is 303 g/mol. The van der Waals surface area contributed by atoms with Crippen molar-refractivity contribution in [3.8, 4) is 5.69 Å². The largest absolute Gasteiger partial charge is 0.389 e. The van der Waals surface area contributed by atoms with Crippen molar-refractivity contribution >= 4 is 29.0 Å². The molecule has 0 atom stereocenters. The van der Waals surface area contributed by atoms with E-state index in [9.17, 15) is 0 Å². The SMILES string of the molecule is CSc1cccc(-n2cnc3c2CCCC3)c1C(N)=S. The Balaban J connectivity index is 2.20. The molecule has 0 spiro atoms. The quantitative estimate of drug-likeness (QED) is 0.699. The summed E-state index contributed by atoms with van der Waals surface area (Å²) in [6.07, 6.45) is 8.57. The second-order valence-electron chi connectivity index (χ2n) is 4.93. The molecule has 104 valence electrons. The number of benzene rings is 1. The standard InChI is InChI=1S/C15H17N3S2/c1-20-13-8-4-7-12(14(13)15(16)19)18-9-17-10-5-2-3-6-11(10)18/h4,7-9H,2-3,5-6H2,1H3,(H2,16,19). The summed E-state index contributed by atoms with van der Waals surface area (Å²) < 4.78 is 2.17. The molecule has 3 rings (SSSR count). The Labute approximate surface area is 128 Å². The molecule has 1 aliphatic carbocycles. The molecule has 0 radical (unpaired) electrons. The van der Waals surface area contributed by atoms with E-state index in [2.05, 4.69) is 27.8 Å². The number of rotatable bonds is 3. The minimum absolute atomic E-state index is 0.447. The van der Waals surface area contributed by atoms with Gasteiger partial charge in [0.25, 0.3) is 0 Å². The average Bonchev–Trinajstić information content (AvgIpc) is 2.90. The Bertz CT molecular complexity index is 661. The third-order valence-corrected chi connectivity index (χ3v) is 4.74. The number of nitrogens with two attached hydrogens (primary N) is 1. The van der Waals surface area contributed by atoms with Crippen LogP contribution in [0, 0.1) is 0 Å². The predicted molar refractivity (Wildman–Crippen MR) is 87.9 cm³/mol. The second-order valence-corrected chi connectivity index (χ2v) is 6.22. The summed E-state index contributed by atoms with van der Waals surface area (Å²) in [7, 11) is 0. The van der Waals surface area contributed by atoms with Gasteiger partial charge < -0.3 is 10.3 Å². The van der Waals surface area contributed by atoms with Gasteiger partial charge in [0.15, 0.2) is 0 Å². The third-order valence-electron chi connectivity index (χ3n) is 3.76. The lowest BCUT2D eigenvalue weighted by molar-refractivity contribution is 0.656. The zero-order chi connectivity index (χ0) is 14.1. The fourth-order valence-electron chi connectivity index (χ4n) is 2.81. The van der Waals surface area contributed by atoms with Gasteiger partial charge in [-0.3, -0.25) is 0 Å². The predicted octanol–water partition coefficient (Wildman–Crippen LogP) is 3.11. The summed E-state index contributed by atoms with van der Waals surface area (Å²) >= 11 is 6.93. The summed E-state index contributed by atoms with van der Waals surface area (Å²) in [6.45, 7) is 0. The molecular formula is C15H17N3S2. The molecule has 1 aromatic heterocycles. The van der Waals surface area contributed by atoms with E-state index < -0.39 is 0 Å². The molecule has 1 aliphatic rings. The number of thiocarbonyl (C=S) groups is 1. The lowest BCUT2D eigenvalue weighted by Crippen LogP contribution is -2.16. The highest BCUT2D eigenvalue weighted by atomic mass is 32.2. The lowest BCUT2D eigenvalue weighted by atomic mass is 10.0.